The molecule has 2 aromatic heterocycles. The number of ether oxygens (including phenoxy) is 1. The van der Waals surface area contributed by atoms with E-state index in [-0.39, 0.29) is 5.91 Å². The molecule has 3 aromatic rings. The third-order valence-electron chi connectivity index (χ3n) is 5.06. The van der Waals surface area contributed by atoms with Crippen LogP contribution in [-0.4, -0.2) is 38.1 Å². The number of benzene rings is 1. The van der Waals surface area contributed by atoms with Crippen LogP contribution in [0.1, 0.15) is 28.8 Å². The summed E-state index contributed by atoms with van der Waals surface area (Å²) in [5.74, 6) is 0.969. The number of methoxy groups -OCH3 is 1. The topological polar surface area (TPSA) is 97.8 Å². The fourth-order valence-electron chi connectivity index (χ4n) is 3.25. The van der Waals surface area contributed by atoms with Crippen molar-refractivity contribution in [1.82, 2.24) is 24.9 Å². The smallest absolute Gasteiger partial charge is 0.254 e. The number of nitrogens with zero attached hydrogens (tertiary/aromatic N) is 5. The lowest BCUT2D eigenvalue weighted by atomic mass is 10.1. The fourth-order valence-corrected chi connectivity index (χ4v) is 3.46. The molecule has 1 amide bonds. The lowest BCUT2D eigenvalue weighted by molar-refractivity contribution is 0.0942. The van der Waals surface area contributed by atoms with Gasteiger partial charge in [-0.3, -0.25) is 4.79 Å². The first-order chi connectivity index (χ1) is 13.9. The van der Waals surface area contributed by atoms with Crippen molar-refractivity contribution in [2.45, 2.75) is 25.3 Å². The van der Waals surface area contributed by atoms with Crippen molar-refractivity contribution in [2.75, 3.05) is 7.11 Å². The Kier molecular flexibility index (Phi) is 4.55. The van der Waals surface area contributed by atoms with Crippen LogP contribution < -0.4 is 10.1 Å². The molecule has 8 nitrogen and oxygen atoms in total. The minimum Gasteiger partial charge on any atom is -0.480 e. The van der Waals surface area contributed by atoms with Crippen LogP contribution in [-0.2, 0) is 7.05 Å². The average molecular weight is 411 g/mol. The summed E-state index contributed by atoms with van der Waals surface area (Å²) in [6, 6.07) is 7.36. The van der Waals surface area contributed by atoms with E-state index >= 15 is 0 Å². The predicted octanol–water partition coefficient (Wildman–Crippen LogP) is 3.03. The molecule has 0 bridgehead atoms. The number of amides is 1. The number of aromatic nitrogens is 4. The molecule has 1 fully saturated rings. The maximum Gasteiger partial charge on any atom is 0.254 e. The normalized spacial score (nSPS) is 14.3. The number of carbonyl (C=O) groups excluding carboxylic acids is 1. The minimum absolute atomic E-state index is 0.330. The van der Waals surface area contributed by atoms with E-state index in [9.17, 15) is 10.1 Å². The molecule has 2 heterocycles. The zero-order chi connectivity index (χ0) is 20.8. The molecule has 148 valence electrons. The summed E-state index contributed by atoms with van der Waals surface area (Å²) in [7, 11) is 3.39. The van der Waals surface area contributed by atoms with Gasteiger partial charge in [-0.15, -0.1) is 5.10 Å². The van der Waals surface area contributed by atoms with E-state index in [1.165, 1.54) is 0 Å². The van der Waals surface area contributed by atoms with Gasteiger partial charge in [-0.25, -0.2) is 9.36 Å². The highest BCUT2D eigenvalue weighted by Crippen LogP contribution is 2.35. The van der Waals surface area contributed by atoms with Crippen LogP contribution in [0.15, 0.2) is 30.6 Å². The third-order valence-corrected chi connectivity index (χ3v) is 5.39. The molecule has 1 N–H and O–H groups in total. The highest BCUT2D eigenvalue weighted by atomic mass is 35.5. The van der Waals surface area contributed by atoms with Crippen molar-refractivity contribution >= 4 is 17.5 Å². The number of nitrogens with one attached hydrogen (secondary N) is 1. The maximum atomic E-state index is 12.6. The van der Waals surface area contributed by atoms with Crippen LogP contribution in [0.2, 0.25) is 5.02 Å². The van der Waals surface area contributed by atoms with Crippen molar-refractivity contribution < 1.29 is 9.53 Å². The van der Waals surface area contributed by atoms with Gasteiger partial charge in [0.2, 0.25) is 5.88 Å². The molecule has 1 saturated carbocycles. The number of aryl methyl sites for hydroxylation is 1. The lowest BCUT2D eigenvalue weighted by Crippen LogP contribution is -2.35. The standard InChI is InChI=1S/C20H19ClN6O2/c1-12-18(29-3)25-26(2)19(12)27-10-14(9-23-27)13-4-5-16(21)15(8-13)17(28)24-20(11-22)6-7-20/h4-5,8-10H,6-7H2,1-3H3,(H,24,28). The molecular formula is C20H19ClN6O2. The Hall–Kier alpha value is -3.31. The summed E-state index contributed by atoms with van der Waals surface area (Å²) >= 11 is 6.24. The quantitative estimate of drug-likeness (QED) is 0.697. The molecule has 1 aliphatic rings. The number of carbonyl (C=O) groups is 1. The van der Waals surface area contributed by atoms with Crippen LogP contribution in [0.5, 0.6) is 5.88 Å². The lowest BCUT2D eigenvalue weighted by Gasteiger charge is -2.11. The Morgan fingerprint density at radius 3 is 2.76 bits per heavy atom. The highest BCUT2D eigenvalue weighted by Gasteiger charge is 2.45. The van der Waals surface area contributed by atoms with Gasteiger partial charge in [0.05, 0.1) is 35.5 Å². The molecule has 0 aliphatic heterocycles. The fraction of sp³-hybridized carbons (Fsp3) is 0.300. The molecule has 29 heavy (non-hydrogen) atoms. The molecule has 4 rings (SSSR count). The van der Waals surface area contributed by atoms with Crippen molar-refractivity contribution in [3.63, 3.8) is 0 Å². The van der Waals surface area contributed by atoms with Gasteiger partial charge < -0.3 is 10.1 Å². The Bertz CT molecular complexity index is 1150. The molecule has 0 saturated heterocycles. The first-order valence-electron chi connectivity index (χ1n) is 9.04. The van der Waals surface area contributed by atoms with E-state index in [0.717, 1.165) is 22.5 Å². The maximum absolute atomic E-state index is 12.6. The Morgan fingerprint density at radius 2 is 2.14 bits per heavy atom. The first-order valence-corrected chi connectivity index (χ1v) is 9.41. The second kappa shape index (κ2) is 6.94. The van der Waals surface area contributed by atoms with Crippen molar-refractivity contribution in [3.8, 4) is 28.9 Å². The summed E-state index contributed by atoms with van der Waals surface area (Å²) in [5, 5.41) is 21.1. The van der Waals surface area contributed by atoms with Crippen LogP contribution >= 0.6 is 11.6 Å². The van der Waals surface area contributed by atoms with E-state index in [0.29, 0.717) is 29.3 Å². The molecule has 0 radical (unpaired) electrons. The van der Waals surface area contributed by atoms with Gasteiger partial charge in [0.15, 0.2) is 5.82 Å². The van der Waals surface area contributed by atoms with Gasteiger partial charge in [-0.1, -0.05) is 17.7 Å². The first kappa shape index (κ1) is 19.0. The molecule has 1 aromatic carbocycles. The van der Waals surface area contributed by atoms with Gasteiger partial charge in [0, 0.05) is 18.8 Å². The highest BCUT2D eigenvalue weighted by molar-refractivity contribution is 6.34. The minimum atomic E-state index is -0.753. The van der Waals surface area contributed by atoms with E-state index in [4.69, 9.17) is 16.3 Å². The van der Waals surface area contributed by atoms with Gasteiger partial charge in [0.25, 0.3) is 5.91 Å². The zero-order valence-electron chi connectivity index (χ0n) is 16.2. The third kappa shape index (κ3) is 3.34. The average Bonchev–Trinajstić information content (AvgIpc) is 3.20. The summed E-state index contributed by atoms with van der Waals surface area (Å²) in [6.45, 7) is 1.91. The van der Waals surface area contributed by atoms with Crippen LogP contribution in [0.3, 0.4) is 0 Å². The van der Waals surface area contributed by atoms with Gasteiger partial charge >= 0.3 is 0 Å². The molecule has 0 atom stereocenters. The Labute approximate surface area is 172 Å². The van der Waals surface area contributed by atoms with E-state index in [2.05, 4.69) is 21.6 Å². The Morgan fingerprint density at radius 1 is 1.38 bits per heavy atom. The van der Waals surface area contributed by atoms with Crippen LogP contribution in [0.4, 0.5) is 0 Å². The summed E-state index contributed by atoms with van der Waals surface area (Å²) in [6.07, 6.45) is 4.88. The molecule has 0 spiro atoms. The van der Waals surface area contributed by atoms with Crippen molar-refractivity contribution in [1.29, 1.82) is 5.26 Å². The second-order valence-electron chi connectivity index (χ2n) is 7.10. The monoisotopic (exact) mass is 410 g/mol. The van der Waals surface area contributed by atoms with E-state index in [1.54, 1.807) is 34.8 Å². The van der Waals surface area contributed by atoms with Crippen LogP contribution in [0.25, 0.3) is 16.9 Å². The molecule has 9 heteroatoms. The SMILES string of the molecule is COc1nn(C)c(-n2cc(-c3ccc(Cl)c(C(=O)NC4(C#N)CC4)c3)cn2)c1C. The van der Waals surface area contributed by atoms with Crippen molar-refractivity contribution in [3.05, 3.63) is 46.7 Å². The number of halogens is 1. The van der Waals surface area contributed by atoms with Gasteiger partial charge in [0.1, 0.15) is 5.54 Å². The van der Waals surface area contributed by atoms with E-state index < -0.39 is 5.54 Å². The zero-order valence-corrected chi connectivity index (χ0v) is 17.0. The largest absolute Gasteiger partial charge is 0.480 e. The number of nitriles is 1. The molecule has 1 aliphatic carbocycles. The molecular weight excluding hydrogens is 392 g/mol. The summed E-state index contributed by atoms with van der Waals surface area (Å²) in [4.78, 5) is 12.6. The summed E-state index contributed by atoms with van der Waals surface area (Å²) in [5.41, 5.74) is 2.05. The second-order valence-corrected chi connectivity index (χ2v) is 7.50. The predicted molar refractivity (Wildman–Crippen MR) is 107 cm³/mol. The Balaban J connectivity index is 1.66. The van der Waals surface area contributed by atoms with Gasteiger partial charge in [-0.05, 0) is 37.5 Å². The number of hydrogen-bond donors (Lipinski definition) is 1. The number of rotatable bonds is 5. The van der Waals surface area contributed by atoms with Crippen molar-refractivity contribution in [2.24, 2.45) is 7.05 Å². The van der Waals surface area contributed by atoms with E-state index in [1.807, 2.05) is 26.2 Å². The van der Waals surface area contributed by atoms with Crippen LogP contribution in [0, 0.1) is 18.3 Å². The number of hydrogen-bond acceptors (Lipinski definition) is 5. The molecule has 0 unspecified atom stereocenters. The van der Waals surface area contributed by atoms with Gasteiger partial charge in [-0.2, -0.15) is 10.4 Å². The summed E-state index contributed by atoms with van der Waals surface area (Å²) < 4.78 is 8.68.